The summed E-state index contributed by atoms with van der Waals surface area (Å²) in [4.78, 5) is 13.5. The Kier molecular flexibility index (Phi) is 3.45. The molecular formula is C12H10F3N5O2. The van der Waals surface area contributed by atoms with Crippen LogP contribution in [0.5, 0.6) is 5.75 Å². The summed E-state index contributed by atoms with van der Waals surface area (Å²) in [5, 5.41) is 6.60. The zero-order valence-electron chi connectivity index (χ0n) is 11.2. The number of amidine groups is 1. The van der Waals surface area contributed by atoms with E-state index in [1.807, 2.05) is 0 Å². The van der Waals surface area contributed by atoms with Gasteiger partial charge < -0.3 is 4.74 Å². The molecule has 2 aromatic rings. The monoisotopic (exact) mass is 313 g/mol. The van der Waals surface area contributed by atoms with E-state index in [-0.39, 0.29) is 5.75 Å². The van der Waals surface area contributed by atoms with E-state index in [1.54, 1.807) is 6.92 Å². The van der Waals surface area contributed by atoms with Gasteiger partial charge in [0.05, 0.1) is 0 Å². The van der Waals surface area contributed by atoms with Crippen molar-refractivity contribution >= 4 is 5.84 Å². The van der Waals surface area contributed by atoms with Gasteiger partial charge in [0.25, 0.3) is 0 Å². The summed E-state index contributed by atoms with van der Waals surface area (Å²) in [5.41, 5.74) is 3.14. The number of H-pyrrole nitrogens is 1. The van der Waals surface area contributed by atoms with Crippen LogP contribution in [0.4, 0.5) is 13.2 Å². The number of nitrogens with zero attached hydrogens (tertiary/aromatic N) is 3. The minimum Gasteiger partial charge on any atom is -0.406 e. The lowest BCUT2D eigenvalue weighted by Crippen LogP contribution is -2.19. The number of alkyl halides is 3. The number of aliphatic imine (C=N–C) groups is 1. The van der Waals surface area contributed by atoms with Gasteiger partial charge in [0.15, 0.2) is 5.84 Å². The average Bonchev–Trinajstić information content (AvgIpc) is 3.06. The molecule has 22 heavy (non-hydrogen) atoms. The van der Waals surface area contributed by atoms with Crippen LogP contribution < -0.4 is 10.2 Å². The lowest BCUT2D eigenvalue weighted by atomic mass is 10.2. The summed E-state index contributed by atoms with van der Waals surface area (Å²) in [6.45, 7) is 1.74. The molecule has 10 heteroatoms. The molecule has 0 aliphatic carbocycles. The molecule has 1 unspecified atom stereocenters. The van der Waals surface area contributed by atoms with Crippen LogP contribution >= 0.6 is 0 Å². The van der Waals surface area contributed by atoms with Crippen LogP contribution in [0.15, 0.2) is 29.3 Å². The fourth-order valence-corrected chi connectivity index (χ4v) is 1.81. The minimum atomic E-state index is -4.72. The molecule has 2 N–H and O–H groups in total. The third-order valence-electron chi connectivity index (χ3n) is 2.71. The largest absolute Gasteiger partial charge is 0.573 e. The first-order chi connectivity index (χ1) is 10.4. The SMILES string of the molecule is Cc1nc(C2N=C(c3ccc(OC(F)(F)F)cc3)NO2)n[nH]1. The van der Waals surface area contributed by atoms with Crippen molar-refractivity contribution in [3.8, 4) is 5.75 Å². The summed E-state index contributed by atoms with van der Waals surface area (Å²) in [6, 6.07) is 5.25. The molecule has 0 saturated heterocycles. The number of hydrogen-bond acceptors (Lipinski definition) is 6. The molecule has 1 aliphatic heterocycles. The number of aromatic nitrogens is 3. The van der Waals surface area contributed by atoms with Gasteiger partial charge in [-0.1, -0.05) is 0 Å². The van der Waals surface area contributed by atoms with E-state index in [9.17, 15) is 13.2 Å². The van der Waals surface area contributed by atoms with Crippen LogP contribution in [0.1, 0.15) is 23.4 Å². The first-order valence-corrected chi connectivity index (χ1v) is 6.15. The normalized spacial score (nSPS) is 18.0. The highest BCUT2D eigenvalue weighted by Gasteiger charge is 2.31. The second kappa shape index (κ2) is 5.30. The van der Waals surface area contributed by atoms with Crippen molar-refractivity contribution < 1.29 is 22.7 Å². The van der Waals surface area contributed by atoms with E-state index < -0.39 is 12.6 Å². The molecule has 1 aromatic carbocycles. The summed E-state index contributed by atoms with van der Waals surface area (Å²) < 4.78 is 40.1. The maximum absolute atomic E-state index is 12.1. The molecule has 7 nitrogen and oxygen atoms in total. The average molecular weight is 313 g/mol. The maximum Gasteiger partial charge on any atom is 0.573 e. The number of benzene rings is 1. The lowest BCUT2D eigenvalue weighted by Gasteiger charge is -2.09. The van der Waals surface area contributed by atoms with E-state index in [4.69, 9.17) is 4.84 Å². The minimum absolute atomic E-state index is 0.308. The quantitative estimate of drug-likeness (QED) is 0.905. The molecule has 1 atom stereocenters. The number of nitrogens with one attached hydrogen (secondary N) is 2. The molecule has 0 spiro atoms. The summed E-state index contributed by atoms with van der Waals surface area (Å²) in [6.07, 6.45) is -5.44. The number of hydroxylamine groups is 1. The van der Waals surface area contributed by atoms with Gasteiger partial charge in [-0.3, -0.25) is 5.10 Å². The Morgan fingerprint density at radius 2 is 1.95 bits per heavy atom. The second-order valence-electron chi connectivity index (χ2n) is 4.40. The van der Waals surface area contributed by atoms with Crippen LogP contribution in [0.2, 0.25) is 0 Å². The van der Waals surface area contributed by atoms with Gasteiger partial charge in [-0.25, -0.2) is 20.3 Å². The van der Waals surface area contributed by atoms with Crippen LogP contribution in [0, 0.1) is 6.92 Å². The standard InChI is InChI=1S/C12H10F3N5O2/c1-6-16-10(19-18-6)11-17-9(20-22-11)7-2-4-8(5-3-7)21-12(13,14)15/h2-5,11H,1H3,(H,17,20)(H,16,18,19). The Bertz CT molecular complexity index is 696. The number of aromatic amines is 1. The van der Waals surface area contributed by atoms with E-state index >= 15 is 0 Å². The summed E-state index contributed by atoms with van der Waals surface area (Å²) >= 11 is 0. The highest BCUT2D eigenvalue weighted by atomic mass is 19.4. The van der Waals surface area contributed by atoms with Crippen LogP contribution in [0.25, 0.3) is 0 Å². The highest BCUT2D eigenvalue weighted by molar-refractivity contribution is 5.98. The van der Waals surface area contributed by atoms with Gasteiger partial charge in [-0.15, -0.1) is 13.2 Å². The second-order valence-corrected chi connectivity index (χ2v) is 4.40. The van der Waals surface area contributed by atoms with Crippen molar-refractivity contribution in [2.24, 2.45) is 4.99 Å². The topological polar surface area (TPSA) is 84.4 Å². The molecule has 0 saturated carbocycles. The first-order valence-electron chi connectivity index (χ1n) is 6.15. The molecule has 0 bridgehead atoms. The summed E-state index contributed by atoms with van der Waals surface area (Å²) in [7, 11) is 0. The van der Waals surface area contributed by atoms with Crippen LogP contribution in [-0.4, -0.2) is 27.4 Å². The molecule has 3 rings (SSSR count). The van der Waals surface area contributed by atoms with Crippen LogP contribution in [0.3, 0.4) is 0 Å². The Hall–Kier alpha value is -2.62. The first kappa shape index (κ1) is 14.3. The third-order valence-corrected chi connectivity index (χ3v) is 2.71. The van der Waals surface area contributed by atoms with Crippen molar-refractivity contribution in [1.82, 2.24) is 20.7 Å². The van der Waals surface area contributed by atoms with Crippen molar-refractivity contribution in [1.29, 1.82) is 0 Å². The van der Waals surface area contributed by atoms with Gasteiger partial charge in [-0.2, -0.15) is 5.10 Å². The van der Waals surface area contributed by atoms with Crippen molar-refractivity contribution in [3.63, 3.8) is 0 Å². The molecule has 0 radical (unpaired) electrons. The maximum atomic E-state index is 12.1. The Morgan fingerprint density at radius 1 is 1.23 bits per heavy atom. The molecule has 0 amide bonds. The predicted molar refractivity (Wildman–Crippen MR) is 67.7 cm³/mol. The molecular weight excluding hydrogens is 303 g/mol. The molecule has 1 aliphatic rings. The molecule has 1 aromatic heterocycles. The Balaban J connectivity index is 1.74. The number of ether oxygens (including phenoxy) is 1. The van der Waals surface area contributed by atoms with Crippen LogP contribution in [-0.2, 0) is 4.84 Å². The molecule has 0 fully saturated rings. The fraction of sp³-hybridized carbons (Fsp3) is 0.250. The molecule has 116 valence electrons. The van der Waals surface area contributed by atoms with Crippen molar-refractivity contribution in [3.05, 3.63) is 41.5 Å². The summed E-state index contributed by atoms with van der Waals surface area (Å²) in [5.74, 6) is 1.04. The van der Waals surface area contributed by atoms with E-state index in [0.29, 0.717) is 23.0 Å². The van der Waals surface area contributed by atoms with E-state index in [0.717, 1.165) is 0 Å². The van der Waals surface area contributed by atoms with Gasteiger partial charge in [0, 0.05) is 5.56 Å². The number of rotatable bonds is 3. The fourth-order valence-electron chi connectivity index (χ4n) is 1.81. The van der Waals surface area contributed by atoms with Gasteiger partial charge >= 0.3 is 6.36 Å². The predicted octanol–water partition coefficient (Wildman–Crippen LogP) is 1.99. The lowest BCUT2D eigenvalue weighted by molar-refractivity contribution is -0.274. The van der Waals surface area contributed by atoms with E-state index in [2.05, 4.69) is 30.4 Å². The van der Waals surface area contributed by atoms with Gasteiger partial charge in [0.2, 0.25) is 12.1 Å². The zero-order chi connectivity index (χ0) is 15.7. The highest BCUT2D eigenvalue weighted by Crippen LogP contribution is 2.24. The molecule has 2 heterocycles. The Labute approximate surface area is 122 Å². The van der Waals surface area contributed by atoms with Gasteiger partial charge in [0.1, 0.15) is 11.6 Å². The third kappa shape index (κ3) is 3.17. The van der Waals surface area contributed by atoms with Crippen molar-refractivity contribution in [2.75, 3.05) is 0 Å². The smallest absolute Gasteiger partial charge is 0.406 e. The number of hydrogen-bond donors (Lipinski definition) is 2. The number of halogens is 3. The van der Waals surface area contributed by atoms with E-state index in [1.165, 1.54) is 24.3 Å². The van der Waals surface area contributed by atoms with Gasteiger partial charge in [-0.05, 0) is 31.2 Å². The Morgan fingerprint density at radius 3 is 2.55 bits per heavy atom. The number of aryl methyl sites for hydroxylation is 1. The van der Waals surface area contributed by atoms with Crippen molar-refractivity contribution in [2.45, 2.75) is 19.5 Å². The zero-order valence-corrected chi connectivity index (χ0v) is 11.2.